The molecule has 2 saturated carbocycles. The predicted molar refractivity (Wildman–Crippen MR) is 161 cm³/mol. The molecule has 1 aromatic rings. The smallest absolute Gasteiger partial charge is 0.339 e. The van der Waals surface area contributed by atoms with Gasteiger partial charge in [-0.25, -0.2) is 4.79 Å². The van der Waals surface area contributed by atoms with Crippen molar-refractivity contribution in [3.63, 3.8) is 0 Å². The number of esters is 2. The molecule has 10 atom stereocenters. The quantitative estimate of drug-likeness (QED) is 0.174. The van der Waals surface area contributed by atoms with Crippen LogP contribution in [0.4, 0.5) is 0 Å². The Morgan fingerprint density at radius 3 is 2.50 bits per heavy atom. The summed E-state index contributed by atoms with van der Waals surface area (Å²) in [5.41, 5.74) is -5.37. The average Bonchev–Trinajstić information content (AvgIpc) is 3.64. The van der Waals surface area contributed by atoms with Crippen LogP contribution in [0.15, 0.2) is 28.9 Å². The highest BCUT2D eigenvalue weighted by Crippen LogP contribution is 2.84. The summed E-state index contributed by atoms with van der Waals surface area (Å²) in [6.45, 7) is 6.11. The van der Waals surface area contributed by atoms with E-state index >= 15 is 0 Å². The van der Waals surface area contributed by atoms with Crippen molar-refractivity contribution in [3.05, 3.63) is 35.8 Å². The third-order valence-electron chi connectivity index (χ3n) is 13.7. The summed E-state index contributed by atoms with van der Waals surface area (Å²) in [4.78, 5) is 41.4. The minimum absolute atomic E-state index is 0.0202. The molecule has 1 aromatic heterocycles. The van der Waals surface area contributed by atoms with Crippen LogP contribution in [-0.2, 0) is 39.8 Å². The van der Waals surface area contributed by atoms with Crippen LogP contribution in [0, 0.1) is 27.6 Å². The minimum atomic E-state index is -1.41. The summed E-state index contributed by atoms with van der Waals surface area (Å²) in [5, 5.41) is 21.5. The van der Waals surface area contributed by atoms with Crippen molar-refractivity contribution in [2.24, 2.45) is 27.6 Å². The van der Waals surface area contributed by atoms with Crippen LogP contribution in [0.3, 0.4) is 0 Å². The van der Waals surface area contributed by atoms with E-state index in [-0.39, 0.29) is 37.3 Å². The number of ether oxygens (including phenoxy) is 4. The fraction of sp³-hybridized carbons (Fsp3) is 0.750. The van der Waals surface area contributed by atoms with E-state index in [0.717, 1.165) is 49.8 Å². The fourth-order valence-corrected chi connectivity index (χ4v) is 11.9. The molecular formula is C36H46O10. The number of allylic oxidation sites excluding steroid dienone is 1. The molecule has 9 rings (SSSR count). The Balaban J connectivity index is 1.19. The third-order valence-corrected chi connectivity index (χ3v) is 13.7. The Morgan fingerprint density at radius 2 is 1.72 bits per heavy atom. The fourth-order valence-electron chi connectivity index (χ4n) is 11.9. The molecule has 4 spiro atoms. The number of aryl methyl sites for hydroxylation is 1. The summed E-state index contributed by atoms with van der Waals surface area (Å²) in [6.07, 6.45) is 10.3. The van der Waals surface area contributed by atoms with Crippen LogP contribution in [0.1, 0.15) is 102 Å². The Hall–Kier alpha value is -2.53. The molecule has 0 aromatic carbocycles. The zero-order chi connectivity index (χ0) is 32.3. The van der Waals surface area contributed by atoms with Gasteiger partial charge in [-0.15, -0.1) is 0 Å². The zero-order valence-electron chi connectivity index (χ0n) is 27.0. The van der Waals surface area contributed by atoms with E-state index in [1.807, 2.05) is 32.1 Å². The Bertz CT molecular complexity index is 1490. The molecule has 2 N–H and O–H groups in total. The predicted octanol–water partition coefficient (Wildman–Crippen LogP) is 4.29. The first-order chi connectivity index (χ1) is 22.0. The maximum Gasteiger partial charge on any atom is 0.339 e. The number of ketones is 1. The lowest BCUT2D eigenvalue weighted by atomic mass is 9.33. The number of epoxide rings is 1. The molecule has 2 bridgehead atoms. The highest BCUT2D eigenvalue weighted by molar-refractivity contribution is 5.97. The van der Waals surface area contributed by atoms with Gasteiger partial charge in [0.25, 0.3) is 0 Å². The first-order valence-electron chi connectivity index (χ1n) is 17.3. The SMILES string of the molecule is CC1(C)OC2CC(=O)OCC23C2CCC4(C)C(c5ccoc5CCCCCCCCO)OC(=O)C5OC54C24CC=CC13C(=O)C4O. The van der Waals surface area contributed by atoms with E-state index in [1.165, 1.54) is 0 Å². The summed E-state index contributed by atoms with van der Waals surface area (Å²) >= 11 is 0. The molecule has 4 saturated heterocycles. The second kappa shape index (κ2) is 10.00. The number of unbranched alkanes of at least 4 members (excludes halogenated alkanes) is 5. The van der Waals surface area contributed by atoms with Crippen molar-refractivity contribution in [3.8, 4) is 0 Å². The number of furan rings is 1. The normalized spacial score (nSPS) is 45.9. The molecule has 10 nitrogen and oxygen atoms in total. The van der Waals surface area contributed by atoms with E-state index in [4.69, 9.17) is 28.5 Å². The maximum absolute atomic E-state index is 14.9. The van der Waals surface area contributed by atoms with Crippen molar-refractivity contribution in [1.29, 1.82) is 0 Å². The monoisotopic (exact) mass is 638 g/mol. The summed E-state index contributed by atoms with van der Waals surface area (Å²) in [6, 6.07) is 1.89. The number of hydrogen-bond donors (Lipinski definition) is 2. The lowest BCUT2D eigenvalue weighted by molar-refractivity contribution is -0.262. The minimum Gasteiger partial charge on any atom is -0.469 e. The van der Waals surface area contributed by atoms with Gasteiger partial charge >= 0.3 is 11.9 Å². The topological polar surface area (TPSA) is 145 Å². The van der Waals surface area contributed by atoms with Gasteiger partial charge in [-0.3, -0.25) is 9.59 Å². The van der Waals surface area contributed by atoms with Crippen molar-refractivity contribution >= 4 is 17.7 Å². The molecule has 4 aliphatic heterocycles. The van der Waals surface area contributed by atoms with E-state index < -0.39 is 63.2 Å². The van der Waals surface area contributed by atoms with Gasteiger partial charge in [0.05, 0.1) is 35.2 Å². The van der Waals surface area contributed by atoms with Gasteiger partial charge in [-0.2, -0.15) is 0 Å². The Morgan fingerprint density at radius 1 is 0.957 bits per heavy atom. The van der Waals surface area contributed by atoms with Gasteiger partial charge in [0.1, 0.15) is 30.2 Å². The second-order valence-corrected chi connectivity index (χ2v) is 15.7. The molecule has 4 aliphatic carbocycles. The molecule has 5 heterocycles. The molecule has 250 valence electrons. The van der Waals surface area contributed by atoms with Gasteiger partial charge in [0, 0.05) is 29.4 Å². The van der Waals surface area contributed by atoms with E-state index in [9.17, 15) is 19.5 Å². The van der Waals surface area contributed by atoms with Crippen LogP contribution < -0.4 is 0 Å². The van der Waals surface area contributed by atoms with Gasteiger partial charge in [0.15, 0.2) is 11.9 Å². The van der Waals surface area contributed by atoms with Crippen LogP contribution in [-0.4, -0.2) is 70.7 Å². The molecule has 0 radical (unpaired) electrons. The number of hydrogen-bond acceptors (Lipinski definition) is 10. The maximum atomic E-state index is 14.9. The number of carbonyl (C=O) groups is 3. The van der Waals surface area contributed by atoms with Gasteiger partial charge in [0.2, 0.25) is 0 Å². The molecular weight excluding hydrogens is 592 g/mol. The van der Waals surface area contributed by atoms with Gasteiger partial charge in [-0.1, -0.05) is 44.8 Å². The summed E-state index contributed by atoms with van der Waals surface area (Å²) < 4.78 is 31.4. The summed E-state index contributed by atoms with van der Waals surface area (Å²) in [7, 11) is 0. The first kappa shape index (κ1) is 30.8. The number of fused-ring (bicyclic) bond motifs is 2. The summed E-state index contributed by atoms with van der Waals surface area (Å²) in [5.74, 6) is -0.707. The molecule has 46 heavy (non-hydrogen) atoms. The molecule has 10 heteroatoms. The number of aliphatic hydroxyl groups excluding tert-OH is 2. The largest absolute Gasteiger partial charge is 0.469 e. The number of rotatable bonds is 9. The van der Waals surface area contributed by atoms with Crippen molar-refractivity contribution < 1.29 is 48.0 Å². The molecule has 6 fully saturated rings. The zero-order valence-corrected chi connectivity index (χ0v) is 27.0. The lowest BCUT2D eigenvalue weighted by Gasteiger charge is -2.68. The van der Waals surface area contributed by atoms with Crippen molar-refractivity contribution in [2.45, 2.75) is 127 Å². The van der Waals surface area contributed by atoms with Gasteiger partial charge < -0.3 is 33.6 Å². The molecule has 8 aliphatic rings. The Kier molecular flexibility index (Phi) is 6.69. The van der Waals surface area contributed by atoms with E-state index in [1.54, 1.807) is 6.26 Å². The van der Waals surface area contributed by atoms with Crippen LogP contribution in [0.2, 0.25) is 0 Å². The first-order valence-corrected chi connectivity index (χ1v) is 17.3. The second-order valence-electron chi connectivity index (χ2n) is 15.7. The standard InChI is InChI=1S/C36H46O10/c1-31(2)35-15-10-14-33(26(39)27(35)40)23(34(35)20-43-25(38)19-24(34)45-31)12-16-32(3)28(44-30(41)29-36(32,33)46-29)21-13-18-42-22(21)11-8-6-4-5-7-9-17-37/h10,13,15,18,23-24,26,28-29,37,39H,4-9,11-12,14,16-17,19-20H2,1-3H3. The lowest BCUT2D eigenvalue weighted by Crippen LogP contribution is -2.79. The van der Waals surface area contributed by atoms with Crippen molar-refractivity contribution in [2.75, 3.05) is 13.2 Å². The number of carbonyl (C=O) groups excluding carboxylic acids is 3. The van der Waals surface area contributed by atoms with Gasteiger partial charge in [-0.05, 0) is 57.9 Å². The van der Waals surface area contributed by atoms with Crippen LogP contribution in [0.25, 0.3) is 0 Å². The highest BCUT2D eigenvalue weighted by atomic mass is 16.7. The highest BCUT2D eigenvalue weighted by Gasteiger charge is 2.94. The number of Topliss-reactive ketones (excluding diaryl/α,β-unsaturated/α-hetero) is 1. The van der Waals surface area contributed by atoms with Crippen LogP contribution >= 0.6 is 0 Å². The van der Waals surface area contributed by atoms with Crippen molar-refractivity contribution in [1.82, 2.24) is 0 Å². The number of aliphatic hydroxyl groups is 2. The van der Waals surface area contributed by atoms with E-state index in [2.05, 4.69) is 6.92 Å². The number of cyclic esters (lactones) is 2. The Labute approximate surface area is 269 Å². The average molecular weight is 639 g/mol. The van der Waals surface area contributed by atoms with E-state index in [0.29, 0.717) is 25.7 Å². The molecule has 0 amide bonds. The van der Waals surface area contributed by atoms with Crippen LogP contribution in [0.5, 0.6) is 0 Å². The molecule has 10 unspecified atom stereocenters. The third kappa shape index (κ3) is 3.35.